The number of aliphatic hydroxyl groups excluding tert-OH is 1. The van der Waals surface area contributed by atoms with Gasteiger partial charge < -0.3 is 15.7 Å². The first-order valence-corrected chi connectivity index (χ1v) is 7.25. The van der Waals surface area contributed by atoms with Gasteiger partial charge in [0.2, 0.25) is 0 Å². The van der Waals surface area contributed by atoms with Gasteiger partial charge in [0.25, 0.3) is 5.56 Å². The van der Waals surface area contributed by atoms with Gasteiger partial charge >= 0.3 is 0 Å². The van der Waals surface area contributed by atoms with Gasteiger partial charge in [-0.25, -0.2) is 4.68 Å². The number of rotatable bonds is 5. The highest BCUT2D eigenvalue weighted by molar-refractivity contribution is 6.32. The number of anilines is 1. The molecule has 3 N–H and O–H groups in total. The van der Waals surface area contributed by atoms with Crippen LogP contribution in [0.25, 0.3) is 0 Å². The van der Waals surface area contributed by atoms with Gasteiger partial charge in [-0.05, 0) is 24.8 Å². The van der Waals surface area contributed by atoms with Gasteiger partial charge in [-0.1, -0.05) is 18.5 Å². The molecule has 0 aliphatic carbocycles. The Morgan fingerprint density at radius 3 is 3.10 bits per heavy atom. The molecular formula is C13H21ClN4O2. The number of hydrogen-bond acceptors (Lipinski definition) is 5. The molecule has 1 aromatic rings. The fourth-order valence-electron chi connectivity index (χ4n) is 2.42. The summed E-state index contributed by atoms with van der Waals surface area (Å²) >= 11 is 6.06. The summed E-state index contributed by atoms with van der Waals surface area (Å²) in [5, 5.41) is 19.6. The van der Waals surface area contributed by atoms with Crippen molar-refractivity contribution in [2.75, 3.05) is 31.6 Å². The molecule has 1 aliphatic heterocycles. The fraction of sp³-hybridized carbons (Fsp3) is 0.692. The Morgan fingerprint density at radius 2 is 2.45 bits per heavy atom. The van der Waals surface area contributed by atoms with Crippen LogP contribution in [0, 0.1) is 5.41 Å². The third-order valence-electron chi connectivity index (χ3n) is 3.69. The zero-order valence-electron chi connectivity index (χ0n) is 11.7. The summed E-state index contributed by atoms with van der Waals surface area (Å²) < 4.78 is 1.16. The summed E-state index contributed by atoms with van der Waals surface area (Å²) in [5.41, 5.74) is 0.331. The molecule has 1 saturated heterocycles. The van der Waals surface area contributed by atoms with E-state index in [-0.39, 0.29) is 29.1 Å². The van der Waals surface area contributed by atoms with Gasteiger partial charge in [0.15, 0.2) is 0 Å². The third kappa shape index (κ3) is 3.50. The third-order valence-corrected chi connectivity index (χ3v) is 4.05. The lowest BCUT2D eigenvalue weighted by Gasteiger charge is -2.34. The van der Waals surface area contributed by atoms with Crippen LogP contribution in [0.3, 0.4) is 0 Å². The molecule has 0 bridgehead atoms. The summed E-state index contributed by atoms with van der Waals surface area (Å²) in [5.74, 6) is 0. The molecule has 7 heteroatoms. The Morgan fingerprint density at radius 1 is 1.65 bits per heavy atom. The molecule has 20 heavy (non-hydrogen) atoms. The van der Waals surface area contributed by atoms with Gasteiger partial charge in [0.1, 0.15) is 5.02 Å². The Balaban J connectivity index is 2.06. The van der Waals surface area contributed by atoms with E-state index in [1.807, 2.05) is 0 Å². The number of hydrogen-bond donors (Lipinski definition) is 3. The van der Waals surface area contributed by atoms with Crippen LogP contribution in [-0.2, 0) is 6.54 Å². The number of nitrogens with one attached hydrogen (secondary N) is 2. The molecule has 112 valence electrons. The van der Waals surface area contributed by atoms with Crippen molar-refractivity contribution in [3.63, 3.8) is 0 Å². The standard InChI is InChI=1S/C13H21ClN4O2/c1-13(3-2-4-15-8-13)9-16-10-7-17-18(5-6-19)12(20)11(10)14/h7,15-16,19H,2-6,8-9H2,1H3. The van der Waals surface area contributed by atoms with E-state index in [1.54, 1.807) is 6.20 Å². The van der Waals surface area contributed by atoms with E-state index < -0.39 is 0 Å². The van der Waals surface area contributed by atoms with Gasteiger partial charge in [-0.15, -0.1) is 0 Å². The maximum Gasteiger partial charge on any atom is 0.287 e. The SMILES string of the molecule is CC1(CNc2cnn(CCO)c(=O)c2Cl)CCCNC1. The van der Waals surface area contributed by atoms with E-state index in [0.717, 1.165) is 37.2 Å². The van der Waals surface area contributed by atoms with Crippen LogP contribution in [-0.4, -0.2) is 41.1 Å². The van der Waals surface area contributed by atoms with Crippen molar-refractivity contribution in [2.24, 2.45) is 5.41 Å². The van der Waals surface area contributed by atoms with Crippen LogP contribution < -0.4 is 16.2 Å². The summed E-state index contributed by atoms with van der Waals surface area (Å²) in [7, 11) is 0. The molecule has 2 heterocycles. The normalized spacial score (nSPS) is 22.8. The molecule has 1 unspecified atom stereocenters. The van der Waals surface area contributed by atoms with Gasteiger partial charge in [-0.3, -0.25) is 4.79 Å². The first-order valence-electron chi connectivity index (χ1n) is 6.87. The van der Waals surface area contributed by atoms with E-state index in [9.17, 15) is 4.79 Å². The number of aromatic nitrogens is 2. The number of halogens is 1. The second-order valence-corrected chi connectivity index (χ2v) is 5.95. The maximum atomic E-state index is 11.9. The molecule has 0 amide bonds. The Hall–Kier alpha value is -1.11. The minimum atomic E-state index is -0.377. The Kier molecular flexibility index (Phi) is 5.01. The average molecular weight is 301 g/mol. The van der Waals surface area contributed by atoms with E-state index in [1.165, 1.54) is 0 Å². The number of aliphatic hydroxyl groups is 1. The summed E-state index contributed by atoms with van der Waals surface area (Å²) in [6.45, 7) is 4.98. The van der Waals surface area contributed by atoms with E-state index in [2.05, 4.69) is 22.7 Å². The average Bonchev–Trinajstić information content (AvgIpc) is 2.44. The molecule has 1 atom stereocenters. The van der Waals surface area contributed by atoms with Gasteiger partial charge in [0, 0.05) is 13.1 Å². The quantitative estimate of drug-likeness (QED) is 0.746. The predicted octanol–water partition coefficient (Wildman–Crippen LogP) is 0.691. The van der Waals surface area contributed by atoms with Gasteiger partial charge in [-0.2, -0.15) is 5.10 Å². The number of nitrogens with zero attached hydrogens (tertiary/aromatic N) is 2. The van der Waals surface area contributed by atoms with Crippen LogP contribution in [0.2, 0.25) is 5.02 Å². The molecule has 0 spiro atoms. The van der Waals surface area contributed by atoms with Crippen LogP contribution in [0.4, 0.5) is 5.69 Å². The van der Waals surface area contributed by atoms with Crippen molar-refractivity contribution in [3.8, 4) is 0 Å². The maximum absolute atomic E-state index is 11.9. The zero-order chi connectivity index (χ0) is 14.6. The highest BCUT2D eigenvalue weighted by atomic mass is 35.5. The molecule has 1 aromatic heterocycles. The van der Waals surface area contributed by atoms with Crippen LogP contribution in [0.1, 0.15) is 19.8 Å². The lowest BCUT2D eigenvalue weighted by atomic mass is 9.83. The van der Waals surface area contributed by atoms with Crippen molar-refractivity contribution >= 4 is 17.3 Å². The van der Waals surface area contributed by atoms with Crippen LogP contribution >= 0.6 is 11.6 Å². The zero-order valence-corrected chi connectivity index (χ0v) is 12.4. The van der Waals surface area contributed by atoms with Crippen molar-refractivity contribution in [3.05, 3.63) is 21.6 Å². The lowest BCUT2D eigenvalue weighted by molar-refractivity contribution is 0.253. The topological polar surface area (TPSA) is 79.2 Å². The molecule has 1 fully saturated rings. The molecule has 0 radical (unpaired) electrons. The fourth-order valence-corrected chi connectivity index (χ4v) is 2.63. The van der Waals surface area contributed by atoms with Crippen LogP contribution in [0.15, 0.2) is 11.0 Å². The summed E-state index contributed by atoms with van der Waals surface area (Å²) in [4.78, 5) is 11.9. The summed E-state index contributed by atoms with van der Waals surface area (Å²) in [6, 6.07) is 0. The molecule has 0 aromatic carbocycles. The first-order chi connectivity index (χ1) is 9.56. The van der Waals surface area contributed by atoms with Gasteiger partial charge in [0.05, 0.1) is 25.0 Å². The molecule has 6 nitrogen and oxygen atoms in total. The second-order valence-electron chi connectivity index (χ2n) is 5.57. The molecule has 2 rings (SSSR count). The largest absolute Gasteiger partial charge is 0.394 e. The van der Waals surface area contributed by atoms with Crippen molar-refractivity contribution in [1.29, 1.82) is 0 Å². The monoisotopic (exact) mass is 300 g/mol. The summed E-state index contributed by atoms with van der Waals surface area (Å²) in [6.07, 6.45) is 3.83. The van der Waals surface area contributed by atoms with E-state index in [0.29, 0.717) is 5.69 Å². The van der Waals surface area contributed by atoms with Crippen molar-refractivity contribution < 1.29 is 5.11 Å². The number of piperidine rings is 1. The first kappa shape index (κ1) is 15.3. The van der Waals surface area contributed by atoms with E-state index in [4.69, 9.17) is 16.7 Å². The van der Waals surface area contributed by atoms with Crippen molar-refractivity contribution in [2.45, 2.75) is 26.3 Å². The molecule has 0 saturated carbocycles. The molecule has 1 aliphatic rings. The van der Waals surface area contributed by atoms with E-state index >= 15 is 0 Å². The minimum absolute atomic E-state index is 0.126. The predicted molar refractivity (Wildman–Crippen MR) is 79.3 cm³/mol. The highest BCUT2D eigenvalue weighted by Crippen LogP contribution is 2.26. The Bertz CT molecular complexity index is 512. The second kappa shape index (κ2) is 6.56. The Labute approximate surface area is 123 Å². The van der Waals surface area contributed by atoms with Crippen molar-refractivity contribution in [1.82, 2.24) is 15.1 Å². The molecular weight excluding hydrogens is 280 g/mol. The smallest absolute Gasteiger partial charge is 0.287 e. The highest BCUT2D eigenvalue weighted by Gasteiger charge is 2.26. The van der Waals surface area contributed by atoms with Crippen LogP contribution in [0.5, 0.6) is 0 Å². The minimum Gasteiger partial charge on any atom is -0.394 e. The lowest BCUT2D eigenvalue weighted by Crippen LogP contribution is -2.42.